The largest absolute Gasteiger partial charge is 0.508 e. The van der Waals surface area contributed by atoms with Crippen molar-refractivity contribution in [3.05, 3.63) is 71.7 Å². The van der Waals surface area contributed by atoms with Crippen LogP contribution in [-0.4, -0.2) is 29.7 Å². The van der Waals surface area contributed by atoms with Gasteiger partial charge < -0.3 is 5.11 Å². The van der Waals surface area contributed by atoms with Gasteiger partial charge in [0.2, 0.25) is 0 Å². The van der Waals surface area contributed by atoms with Gasteiger partial charge in [-0.15, -0.1) is 0 Å². The fourth-order valence-corrected chi connectivity index (χ4v) is 2.73. The predicted octanol–water partition coefficient (Wildman–Crippen LogP) is 3.14. The third-order valence-electron chi connectivity index (χ3n) is 3.61. The number of pyridine rings is 1. The molecule has 3 heterocycles. The van der Waals surface area contributed by atoms with Crippen LogP contribution in [0.2, 0.25) is 5.02 Å². The maximum Gasteiger partial charge on any atom is 0.156 e. The standard InChI is InChI=1S/C17H12ClN5O/c18-15-3-2-13(24)6-14(15)12-1-4-17-21-16(22-23(17)9-12)5-11-7-19-10-20-8-11/h1-4,6-10,24H,5H2. The first kappa shape index (κ1) is 14.6. The fourth-order valence-electron chi connectivity index (χ4n) is 2.50. The Morgan fingerprint density at radius 2 is 1.92 bits per heavy atom. The minimum absolute atomic E-state index is 0.165. The van der Waals surface area contributed by atoms with Gasteiger partial charge in [-0.2, -0.15) is 5.10 Å². The van der Waals surface area contributed by atoms with Crippen LogP contribution in [0.5, 0.6) is 5.75 Å². The first-order valence-electron chi connectivity index (χ1n) is 7.27. The number of phenolic OH excluding ortho intramolecular Hbond substituents is 1. The minimum atomic E-state index is 0.165. The molecule has 0 spiro atoms. The number of aromatic hydroxyl groups is 1. The fraction of sp³-hybridized carbons (Fsp3) is 0.0588. The van der Waals surface area contributed by atoms with Crippen LogP contribution < -0.4 is 0 Å². The summed E-state index contributed by atoms with van der Waals surface area (Å²) >= 11 is 6.22. The molecule has 0 saturated carbocycles. The van der Waals surface area contributed by atoms with Crippen molar-refractivity contribution in [1.29, 1.82) is 0 Å². The van der Waals surface area contributed by atoms with Crippen molar-refractivity contribution < 1.29 is 5.11 Å². The van der Waals surface area contributed by atoms with E-state index in [1.165, 1.54) is 6.33 Å². The van der Waals surface area contributed by atoms with Gasteiger partial charge >= 0.3 is 0 Å². The van der Waals surface area contributed by atoms with Gasteiger partial charge in [0, 0.05) is 41.2 Å². The molecule has 118 valence electrons. The van der Waals surface area contributed by atoms with E-state index in [9.17, 15) is 5.11 Å². The molecular formula is C17H12ClN5O. The Morgan fingerprint density at radius 3 is 2.75 bits per heavy atom. The Hall–Kier alpha value is -2.99. The zero-order valence-corrected chi connectivity index (χ0v) is 13.2. The number of halogens is 1. The predicted molar refractivity (Wildman–Crippen MR) is 89.9 cm³/mol. The third kappa shape index (κ3) is 2.79. The average Bonchev–Trinajstić information content (AvgIpc) is 2.99. The number of benzene rings is 1. The van der Waals surface area contributed by atoms with E-state index in [1.54, 1.807) is 35.1 Å². The van der Waals surface area contributed by atoms with Gasteiger partial charge in [0.1, 0.15) is 12.1 Å². The summed E-state index contributed by atoms with van der Waals surface area (Å²) in [5, 5.41) is 14.7. The summed E-state index contributed by atoms with van der Waals surface area (Å²) in [5.41, 5.74) is 3.28. The van der Waals surface area contributed by atoms with Gasteiger partial charge in [0.25, 0.3) is 0 Å². The Balaban J connectivity index is 1.72. The Bertz CT molecular complexity index is 1020. The van der Waals surface area contributed by atoms with Gasteiger partial charge in [0.15, 0.2) is 11.5 Å². The van der Waals surface area contributed by atoms with Crippen molar-refractivity contribution in [2.24, 2.45) is 0 Å². The molecule has 1 N–H and O–H groups in total. The van der Waals surface area contributed by atoms with Crippen molar-refractivity contribution in [1.82, 2.24) is 24.6 Å². The maximum atomic E-state index is 9.68. The van der Waals surface area contributed by atoms with Crippen molar-refractivity contribution in [3.63, 3.8) is 0 Å². The van der Waals surface area contributed by atoms with Gasteiger partial charge in [0.05, 0.1) is 0 Å². The Morgan fingerprint density at radius 1 is 1.08 bits per heavy atom. The monoisotopic (exact) mass is 337 g/mol. The highest BCUT2D eigenvalue weighted by atomic mass is 35.5. The van der Waals surface area contributed by atoms with Gasteiger partial charge in [-0.25, -0.2) is 19.5 Å². The average molecular weight is 338 g/mol. The SMILES string of the molecule is Oc1ccc(Cl)c(-c2ccc3nc(Cc4cncnc4)nn3c2)c1. The number of nitrogens with zero attached hydrogens (tertiary/aromatic N) is 5. The van der Waals surface area contributed by atoms with Crippen molar-refractivity contribution >= 4 is 17.2 Å². The summed E-state index contributed by atoms with van der Waals surface area (Å²) in [6, 6.07) is 8.62. The van der Waals surface area contributed by atoms with Crippen molar-refractivity contribution in [3.8, 4) is 16.9 Å². The van der Waals surface area contributed by atoms with Crippen LogP contribution in [0.25, 0.3) is 16.8 Å². The molecule has 0 bridgehead atoms. The van der Waals surface area contributed by atoms with Crippen LogP contribution in [0.3, 0.4) is 0 Å². The van der Waals surface area contributed by atoms with E-state index >= 15 is 0 Å². The molecule has 24 heavy (non-hydrogen) atoms. The minimum Gasteiger partial charge on any atom is -0.508 e. The second-order valence-corrected chi connectivity index (χ2v) is 5.74. The molecule has 0 aliphatic heterocycles. The molecule has 0 fully saturated rings. The molecule has 3 aromatic heterocycles. The summed E-state index contributed by atoms with van der Waals surface area (Å²) in [6.07, 6.45) is 7.39. The quantitative estimate of drug-likeness (QED) is 0.621. The molecule has 4 rings (SSSR count). The number of aromatic nitrogens is 5. The Kier molecular flexibility index (Phi) is 3.59. The molecular weight excluding hydrogens is 326 g/mol. The molecule has 0 saturated heterocycles. The molecule has 0 atom stereocenters. The first-order chi connectivity index (χ1) is 11.7. The van der Waals surface area contributed by atoms with E-state index in [1.807, 2.05) is 18.3 Å². The number of rotatable bonds is 3. The van der Waals surface area contributed by atoms with Crippen LogP contribution in [0, 0.1) is 0 Å². The lowest BCUT2D eigenvalue weighted by Crippen LogP contribution is -1.94. The summed E-state index contributed by atoms with van der Waals surface area (Å²) < 4.78 is 1.70. The normalized spacial score (nSPS) is 11.0. The van der Waals surface area contributed by atoms with Gasteiger partial charge in [-0.3, -0.25) is 0 Å². The molecule has 0 aliphatic rings. The van der Waals surface area contributed by atoms with Gasteiger partial charge in [-0.05, 0) is 35.9 Å². The highest BCUT2D eigenvalue weighted by Gasteiger charge is 2.09. The molecule has 0 amide bonds. The van der Waals surface area contributed by atoms with Crippen LogP contribution in [0.1, 0.15) is 11.4 Å². The highest BCUT2D eigenvalue weighted by molar-refractivity contribution is 6.33. The molecule has 0 aliphatic carbocycles. The number of hydrogen-bond donors (Lipinski definition) is 1. The van der Waals surface area contributed by atoms with E-state index in [0.29, 0.717) is 17.3 Å². The van der Waals surface area contributed by atoms with Crippen LogP contribution in [0.4, 0.5) is 0 Å². The second kappa shape index (κ2) is 5.90. The van der Waals surface area contributed by atoms with Crippen molar-refractivity contribution in [2.45, 2.75) is 6.42 Å². The maximum absolute atomic E-state index is 9.68. The van der Waals surface area contributed by atoms with E-state index < -0.39 is 0 Å². The van der Waals surface area contributed by atoms with E-state index in [0.717, 1.165) is 22.3 Å². The zero-order chi connectivity index (χ0) is 16.5. The van der Waals surface area contributed by atoms with Crippen molar-refractivity contribution in [2.75, 3.05) is 0 Å². The van der Waals surface area contributed by atoms with Crippen LogP contribution >= 0.6 is 11.6 Å². The zero-order valence-electron chi connectivity index (χ0n) is 12.5. The second-order valence-electron chi connectivity index (χ2n) is 5.34. The first-order valence-corrected chi connectivity index (χ1v) is 7.65. The van der Waals surface area contributed by atoms with Crippen LogP contribution in [0.15, 0.2) is 55.2 Å². The van der Waals surface area contributed by atoms with E-state index in [4.69, 9.17) is 11.6 Å². The molecule has 7 heteroatoms. The summed E-state index contributed by atoms with van der Waals surface area (Å²) in [5.74, 6) is 0.849. The lowest BCUT2D eigenvalue weighted by Gasteiger charge is -2.05. The lowest BCUT2D eigenvalue weighted by atomic mass is 10.1. The summed E-state index contributed by atoms with van der Waals surface area (Å²) in [6.45, 7) is 0. The molecule has 1 aromatic carbocycles. The van der Waals surface area contributed by atoms with Gasteiger partial charge in [-0.1, -0.05) is 11.6 Å². The number of fused-ring (bicyclic) bond motifs is 1. The Labute approximate surface area is 142 Å². The molecule has 4 aromatic rings. The van der Waals surface area contributed by atoms with E-state index in [-0.39, 0.29) is 5.75 Å². The summed E-state index contributed by atoms with van der Waals surface area (Å²) in [4.78, 5) is 12.5. The molecule has 0 unspecified atom stereocenters. The smallest absolute Gasteiger partial charge is 0.156 e. The third-order valence-corrected chi connectivity index (χ3v) is 3.94. The lowest BCUT2D eigenvalue weighted by molar-refractivity contribution is 0.475. The summed E-state index contributed by atoms with van der Waals surface area (Å²) in [7, 11) is 0. The highest BCUT2D eigenvalue weighted by Crippen LogP contribution is 2.31. The number of phenols is 1. The molecule has 6 nitrogen and oxygen atoms in total. The van der Waals surface area contributed by atoms with Crippen LogP contribution in [-0.2, 0) is 6.42 Å². The molecule has 0 radical (unpaired) electrons. The number of hydrogen-bond acceptors (Lipinski definition) is 5. The topological polar surface area (TPSA) is 76.2 Å². The van der Waals surface area contributed by atoms with E-state index in [2.05, 4.69) is 20.1 Å².